The first-order chi connectivity index (χ1) is 12.1. The number of Topliss-reactive ketones (excluding diaryl/α,β-unsaturated/α-hetero) is 1. The van der Waals surface area contributed by atoms with Gasteiger partial charge in [0.1, 0.15) is 18.1 Å². The van der Waals surface area contributed by atoms with Crippen molar-refractivity contribution in [1.82, 2.24) is 0 Å². The summed E-state index contributed by atoms with van der Waals surface area (Å²) in [7, 11) is 4.44. The molecule has 2 aromatic carbocycles. The van der Waals surface area contributed by atoms with Crippen molar-refractivity contribution in [3.05, 3.63) is 47.0 Å². The molecule has 0 bridgehead atoms. The van der Waals surface area contributed by atoms with Crippen molar-refractivity contribution < 1.29 is 28.8 Å². The minimum Gasteiger partial charge on any atom is -0.502 e. The summed E-state index contributed by atoms with van der Waals surface area (Å²) in [6, 6.07) is 8.37. The fraction of sp³-hybridized carbons (Fsp3) is 0.211. The summed E-state index contributed by atoms with van der Waals surface area (Å²) in [6.07, 6.45) is 1.69. The van der Waals surface area contributed by atoms with E-state index in [0.717, 1.165) is 0 Å². The van der Waals surface area contributed by atoms with E-state index in [4.69, 9.17) is 18.9 Å². The minimum atomic E-state index is -0.133. The second kappa shape index (κ2) is 6.76. The molecule has 0 fully saturated rings. The zero-order valence-corrected chi connectivity index (χ0v) is 14.2. The molecule has 1 N–H and O–H groups in total. The van der Waals surface area contributed by atoms with E-state index in [1.54, 1.807) is 43.5 Å². The number of ketones is 1. The van der Waals surface area contributed by atoms with Gasteiger partial charge in [-0.3, -0.25) is 4.79 Å². The predicted molar refractivity (Wildman–Crippen MR) is 92.0 cm³/mol. The molecule has 0 spiro atoms. The Bertz CT molecular complexity index is 828. The molecule has 1 heterocycles. The van der Waals surface area contributed by atoms with Gasteiger partial charge >= 0.3 is 0 Å². The zero-order chi connectivity index (χ0) is 18.0. The first kappa shape index (κ1) is 16.7. The van der Waals surface area contributed by atoms with Gasteiger partial charge in [0.05, 0.1) is 26.9 Å². The second-order valence-corrected chi connectivity index (χ2v) is 5.42. The Balaban J connectivity index is 2.01. The topological polar surface area (TPSA) is 74.2 Å². The normalized spacial score (nSPS) is 14.7. The maximum absolute atomic E-state index is 12.7. The number of fused-ring (bicyclic) bond motifs is 1. The SMILES string of the molecule is COc1ccc2c(c1)C(=O)C(=Cc1cc(OC)c(O)c(OC)c1)CO2. The highest BCUT2D eigenvalue weighted by Gasteiger charge is 2.24. The smallest absolute Gasteiger partial charge is 0.200 e. The molecule has 1 aliphatic rings. The van der Waals surface area contributed by atoms with E-state index in [0.29, 0.717) is 28.2 Å². The van der Waals surface area contributed by atoms with Crippen LogP contribution in [0.25, 0.3) is 6.08 Å². The Morgan fingerprint density at radius 3 is 2.32 bits per heavy atom. The molecule has 6 nitrogen and oxygen atoms in total. The first-order valence-corrected chi connectivity index (χ1v) is 7.58. The molecular weight excluding hydrogens is 324 g/mol. The van der Waals surface area contributed by atoms with Crippen LogP contribution >= 0.6 is 0 Å². The molecule has 0 unspecified atom stereocenters. The lowest BCUT2D eigenvalue weighted by atomic mass is 9.98. The van der Waals surface area contributed by atoms with Gasteiger partial charge in [-0.15, -0.1) is 0 Å². The van der Waals surface area contributed by atoms with Crippen LogP contribution in [0.3, 0.4) is 0 Å². The highest BCUT2D eigenvalue weighted by Crippen LogP contribution is 2.38. The number of hydrogen-bond donors (Lipinski definition) is 1. The van der Waals surface area contributed by atoms with Crippen LogP contribution in [0, 0.1) is 0 Å². The van der Waals surface area contributed by atoms with E-state index in [2.05, 4.69) is 0 Å². The van der Waals surface area contributed by atoms with Crippen LogP contribution in [-0.2, 0) is 0 Å². The molecule has 0 saturated carbocycles. The van der Waals surface area contributed by atoms with E-state index in [1.165, 1.54) is 14.2 Å². The van der Waals surface area contributed by atoms with Gasteiger partial charge in [0.25, 0.3) is 0 Å². The van der Waals surface area contributed by atoms with Crippen LogP contribution in [-0.4, -0.2) is 38.8 Å². The standard InChI is InChI=1S/C19H18O6/c1-22-13-4-5-15-14(9-13)18(20)12(10-25-15)6-11-7-16(23-2)19(21)17(8-11)24-3/h4-9,21H,10H2,1-3H3. The summed E-state index contributed by atoms with van der Waals surface area (Å²) in [5.41, 5.74) is 1.59. The number of carbonyl (C=O) groups excluding carboxylic acids is 1. The Morgan fingerprint density at radius 2 is 1.72 bits per heavy atom. The maximum Gasteiger partial charge on any atom is 0.200 e. The van der Waals surface area contributed by atoms with Gasteiger partial charge < -0.3 is 24.1 Å². The van der Waals surface area contributed by atoms with E-state index < -0.39 is 0 Å². The van der Waals surface area contributed by atoms with Gasteiger partial charge in [0, 0.05) is 5.57 Å². The van der Waals surface area contributed by atoms with E-state index >= 15 is 0 Å². The number of rotatable bonds is 4. The highest BCUT2D eigenvalue weighted by molar-refractivity contribution is 6.14. The average molecular weight is 342 g/mol. The van der Waals surface area contributed by atoms with Crippen molar-refractivity contribution in [3.63, 3.8) is 0 Å². The number of carbonyl (C=O) groups is 1. The number of methoxy groups -OCH3 is 3. The van der Waals surface area contributed by atoms with E-state index in [-0.39, 0.29) is 29.6 Å². The molecule has 3 rings (SSSR count). The van der Waals surface area contributed by atoms with Crippen LogP contribution in [0.1, 0.15) is 15.9 Å². The van der Waals surface area contributed by atoms with Crippen LogP contribution < -0.4 is 18.9 Å². The highest BCUT2D eigenvalue weighted by atomic mass is 16.5. The maximum atomic E-state index is 12.7. The molecule has 0 saturated heterocycles. The number of phenolic OH excluding ortho intramolecular Hbond substituents is 1. The van der Waals surface area contributed by atoms with Crippen LogP contribution in [0.5, 0.6) is 28.7 Å². The van der Waals surface area contributed by atoms with Crippen LogP contribution in [0.4, 0.5) is 0 Å². The summed E-state index contributed by atoms with van der Waals surface area (Å²) < 4.78 is 21.1. The Morgan fingerprint density at radius 1 is 1.04 bits per heavy atom. The van der Waals surface area contributed by atoms with Crippen molar-refractivity contribution in [2.45, 2.75) is 0 Å². The van der Waals surface area contributed by atoms with Crippen LogP contribution in [0.2, 0.25) is 0 Å². The summed E-state index contributed by atoms with van der Waals surface area (Å²) in [5, 5.41) is 9.98. The van der Waals surface area contributed by atoms with Gasteiger partial charge in [-0.1, -0.05) is 0 Å². The largest absolute Gasteiger partial charge is 0.502 e. The minimum absolute atomic E-state index is 0.0894. The van der Waals surface area contributed by atoms with Gasteiger partial charge in [-0.05, 0) is 42.0 Å². The first-order valence-electron chi connectivity index (χ1n) is 7.58. The number of benzene rings is 2. The van der Waals surface area contributed by atoms with E-state index in [1.807, 2.05) is 0 Å². The quantitative estimate of drug-likeness (QED) is 0.861. The Labute approximate surface area is 145 Å². The van der Waals surface area contributed by atoms with Crippen molar-refractivity contribution in [2.75, 3.05) is 27.9 Å². The lowest BCUT2D eigenvalue weighted by Gasteiger charge is -2.19. The number of ether oxygens (including phenoxy) is 4. The van der Waals surface area contributed by atoms with Crippen molar-refractivity contribution in [2.24, 2.45) is 0 Å². The molecule has 0 aromatic heterocycles. The van der Waals surface area contributed by atoms with Crippen molar-refractivity contribution >= 4 is 11.9 Å². The lowest BCUT2D eigenvalue weighted by molar-refractivity contribution is 0.100. The number of phenols is 1. The third-order valence-corrected chi connectivity index (χ3v) is 3.95. The van der Waals surface area contributed by atoms with Gasteiger partial charge in [-0.2, -0.15) is 0 Å². The summed E-state index contributed by atoms with van der Waals surface area (Å²) in [4.78, 5) is 12.7. The fourth-order valence-corrected chi connectivity index (χ4v) is 2.64. The summed E-state index contributed by atoms with van der Waals surface area (Å²) in [5.74, 6) is 1.42. The fourth-order valence-electron chi connectivity index (χ4n) is 2.64. The Hall–Kier alpha value is -3.15. The third kappa shape index (κ3) is 3.10. The van der Waals surface area contributed by atoms with Crippen LogP contribution in [0.15, 0.2) is 35.9 Å². The lowest BCUT2D eigenvalue weighted by Crippen LogP contribution is -2.19. The van der Waals surface area contributed by atoms with Crippen molar-refractivity contribution in [1.29, 1.82) is 0 Å². The Kier molecular flexibility index (Phi) is 4.52. The molecule has 0 atom stereocenters. The summed E-state index contributed by atoms with van der Waals surface area (Å²) >= 11 is 0. The zero-order valence-electron chi connectivity index (χ0n) is 14.2. The van der Waals surface area contributed by atoms with Gasteiger partial charge in [-0.25, -0.2) is 0 Å². The predicted octanol–water partition coefficient (Wildman–Crippen LogP) is 3.08. The molecule has 2 aromatic rings. The molecule has 0 aliphatic carbocycles. The molecule has 0 amide bonds. The molecular formula is C19H18O6. The van der Waals surface area contributed by atoms with Crippen molar-refractivity contribution in [3.8, 4) is 28.7 Å². The van der Waals surface area contributed by atoms with Gasteiger partial charge in [0.2, 0.25) is 5.75 Å². The van der Waals surface area contributed by atoms with E-state index in [9.17, 15) is 9.90 Å². The molecule has 25 heavy (non-hydrogen) atoms. The number of hydrogen-bond acceptors (Lipinski definition) is 6. The monoisotopic (exact) mass is 342 g/mol. The third-order valence-electron chi connectivity index (χ3n) is 3.95. The summed E-state index contributed by atoms with van der Waals surface area (Å²) in [6.45, 7) is 0.156. The molecule has 130 valence electrons. The molecule has 6 heteroatoms. The number of aromatic hydroxyl groups is 1. The average Bonchev–Trinajstić information content (AvgIpc) is 2.64. The molecule has 0 radical (unpaired) electrons. The van der Waals surface area contributed by atoms with Gasteiger partial charge in [0.15, 0.2) is 17.3 Å². The molecule has 1 aliphatic heterocycles. The second-order valence-electron chi connectivity index (χ2n) is 5.42.